The molecule has 0 fully saturated rings. The molecule has 0 bridgehead atoms. The summed E-state index contributed by atoms with van der Waals surface area (Å²) in [5.74, 6) is 3.29. The maximum atomic E-state index is 5.16. The molecule has 0 N–H and O–H groups in total. The van der Waals surface area contributed by atoms with E-state index in [2.05, 4.69) is 83.8 Å². The minimum absolute atomic E-state index is 0.612. The van der Waals surface area contributed by atoms with Crippen molar-refractivity contribution in [1.29, 1.82) is 0 Å². The number of benzene rings is 7. The second-order valence-corrected chi connectivity index (χ2v) is 13.0. The van der Waals surface area contributed by atoms with Crippen molar-refractivity contribution < 1.29 is 0 Å². The van der Waals surface area contributed by atoms with Crippen molar-refractivity contribution in [2.45, 2.75) is 0 Å². The summed E-state index contributed by atoms with van der Waals surface area (Å²) >= 11 is 0. The van der Waals surface area contributed by atoms with E-state index in [0.29, 0.717) is 23.3 Å². The van der Waals surface area contributed by atoms with Gasteiger partial charge in [0.05, 0.1) is 5.69 Å². The molecule has 0 aliphatic heterocycles. The number of rotatable bonds is 9. The molecular formula is C49H34N6. The van der Waals surface area contributed by atoms with Crippen LogP contribution < -0.4 is 4.90 Å². The van der Waals surface area contributed by atoms with Gasteiger partial charge in [0.25, 0.3) is 0 Å². The van der Waals surface area contributed by atoms with E-state index in [-0.39, 0.29) is 0 Å². The number of hydrogen-bond acceptors (Lipinski definition) is 6. The average molecular weight is 707 g/mol. The molecule has 9 aromatic rings. The van der Waals surface area contributed by atoms with Gasteiger partial charge in [-0.15, -0.1) is 0 Å². The second-order valence-electron chi connectivity index (χ2n) is 13.0. The minimum Gasteiger partial charge on any atom is -0.295 e. The molecule has 0 spiro atoms. The first-order chi connectivity index (χ1) is 27.2. The van der Waals surface area contributed by atoms with Crippen LogP contribution in [-0.4, -0.2) is 24.9 Å². The van der Waals surface area contributed by atoms with Gasteiger partial charge in [0.2, 0.25) is 0 Å². The third-order valence-electron chi connectivity index (χ3n) is 9.31. The average Bonchev–Trinajstić information content (AvgIpc) is 3.28. The van der Waals surface area contributed by atoms with Gasteiger partial charge in [0.1, 0.15) is 5.82 Å². The summed E-state index contributed by atoms with van der Waals surface area (Å²) in [6.45, 7) is 0. The third-order valence-corrected chi connectivity index (χ3v) is 9.31. The van der Waals surface area contributed by atoms with Crippen LogP contribution in [0.5, 0.6) is 0 Å². The molecule has 0 unspecified atom stereocenters. The lowest BCUT2D eigenvalue weighted by Gasteiger charge is -2.25. The van der Waals surface area contributed by atoms with Crippen LogP contribution in [0.25, 0.3) is 67.9 Å². The Morgan fingerprint density at radius 2 is 0.600 bits per heavy atom. The van der Waals surface area contributed by atoms with Crippen LogP contribution in [0.1, 0.15) is 0 Å². The van der Waals surface area contributed by atoms with Gasteiger partial charge in [0, 0.05) is 45.3 Å². The fraction of sp³-hybridized carbons (Fsp3) is 0. The van der Waals surface area contributed by atoms with Gasteiger partial charge in [-0.1, -0.05) is 164 Å². The summed E-state index contributed by atoms with van der Waals surface area (Å²) in [6, 6.07) is 69.8. The molecule has 0 aliphatic carbocycles. The quantitative estimate of drug-likeness (QED) is 0.149. The zero-order valence-electron chi connectivity index (χ0n) is 29.8. The highest BCUT2D eigenvalue weighted by Gasteiger charge is 2.18. The van der Waals surface area contributed by atoms with Crippen LogP contribution >= 0.6 is 0 Å². The molecule has 6 nitrogen and oxygen atoms in total. The highest BCUT2D eigenvalue weighted by atomic mass is 15.2. The van der Waals surface area contributed by atoms with Crippen LogP contribution in [0.2, 0.25) is 0 Å². The Bertz CT molecular complexity index is 2590. The molecule has 260 valence electrons. The van der Waals surface area contributed by atoms with E-state index in [0.717, 1.165) is 61.8 Å². The number of aromatic nitrogens is 5. The van der Waals surface area contributed by atoms with Crippen molar-refractivity contribution in [1.82, 2.24) is 24.9 Å². The van der Waals surface area contributed by atoms with Crippen LogP contribution in [-0.2, 0) is 0 Å². The fourth-order valence-electron chi connectivity index (χ4n) is 6.61. The zero-order chi connectivity index (χ0) is 36.8. The van der Waals surface area contributed by atoms with Crippen molar-refractivity contribution in [3.63, 3.8) is 0 Å². The molecule has 2 heterocycles. The SMILES string of the molecule is c1ccc(-c2nc(-c3cccc(-c4cccc(-c5nc(-c6ccccc6)nc(-c6ccccc6)n5)c4)c3)cc(N(c3ccccc3)c3ccccc3)n2)cc1. The highest BCUT2D eigenvalue weighted by molar-refractivity contribution is 5.80. The summed E-state index contributed by atoms with van der Waals surface area (Å²) in [5, 5.41) is 0. The molecule has 0 saturated carbocycles. The summed E-state index contributed by atoms with van der Waals surface area (Å²) in [4.78, 5) is 27.3. The van der Waals surface area contributed by atoms with Gasteiger partial charge in [-0.25, -0.2) is 24.9 Å². The van der Waals surface area contributed by atoms with Gasteiger partial charge in [-0.2, -0.15) is 0 Å². The van der Waals surface area contributed by atoms with E-state index >= 15 is 0 Å². The third kappa shape index (κ3) is 7.25. The van der Waals surface area contributed by atoms with Crippen LogP contribution in [0.15, 0.2) is 206 Å². The molecule has 0 aliphatic rings. The topological polar surface area (TPSA) is 67.7 Å². The Morgan fingerprint density at radius 3 is 1.07 bits per heavy atom. The summed E-state index contributed by atoms with van der Waals surface area (Å²) < 4.78 is 0. The van der Waals surface area contributed by atoms with Gasteiger partial charge in [-0.05, 0) is 47.5 Å². The Labute approximate surface area is 320 Å². The molecule has 0 saturated heterocycles. The van der Waals surface area contributed by atoms with Gasteiger partial charge >= 0.3 is 0 Å². The highest BCUT2D eigenvalue weighted by Crippen LogP contribution is 2.37. The van der Waals surface area contributed by atoms with Gasteiger partial charge < -0.3 is 0 Å². The standard InChI is InChI=1S/C49H34N6/c1-6-18-35(19-7-1)46-50-44(34-45(51-46)55(42-28-12-4-13-29-42)43-30-14-5-15-31-43)40-26-16-24-38(32-40)39-25-17-27-41(33-39)49-53-47(36-20-8-2-9-21-36)52-48(54-49)37-22-10-3-11-23-37/h1-34H. The minimum atomic E-state index is 0.612. The first-order valence-corrected chi connectivity index (χ1v) is 18.2. The van der Waals surface area contributed by atoms with E-state index in [4.69, 9.17) is 24.9 Å². The molecule has 55 heavy (non-hydrogen) atoms. The summed E-state index contributed by atoms with van der Waals surface area (Å²) in [6.07, 6.45) is 0. The Hall–Kier alpha value is -7.57. The number of anilines is 3. The first-order valence-electron chi connectivity index (χ1n) is 18.2. The van der Waals surface area contributed by atoms with Crippen molar-refractivity contribution in [3.05, 3.63) is 206 Å². The Morgan fingerprint density at radius 1 is 0.255 bits per heavy atom. The first kappa shape index (κ1) is 33.3. The molecule has 0 radical (unpaired) electrons. The molecule has 6 heteroatoms. The molecule has 7 aromatic carbocycles. The van der Waals surface area contributed by atoms with Crippen molar-refractivity contribution >= 4 is 17.2 Å². The monoisotopic (exact) mass is 706 g/mol. The number of hydrogen-bond donors (Lipinski definition) is 0. The summed E-state index contributed by atoms with van der Waals surface area (Å²) in [5.41, 5.74) is 9.60. The zero-order valence-corrected chi connectivity index (χ0v) is 29.8. The lowest BCUT2D eigenvalue weighted by molar-refractivity contribution is 1.07. The normalized spacial score (nSPS) is 10.9. The van der Waals surface area contributed by atoms with E-state index in [9.17, 15) is 0 Å². The van der Waals surface area contributed by atoms with E-state index < -0.39 is 0 Å². The van der Waals surface area contributed by atoms with Crippen molar-refractivity contribution in [2.75, 3.05) is 4.90 Å². The van der Waals surface area contributed by atoms with E-state index in [1.54, 1.807) is 0 Å². The van der Waals surface area contributed by atoms with Crippen molar-refractivity contribution in [3.8, 4) is 67.9 Å². The largest absolute Gasteiger partial charge is 0.295 e. The molecule has 9 rings (SSSR count). The second kappa shape index (κ2) is 15.2. The maximum absolute atomic E-state index is 5.16. The van der Waals surface area contributed by atoms with E-state index in [1.807, 2.05) is 127 Å². The number of para-hydroxylation sites is 2. The molecular weight excluding hydrogens is 673 g/mol. The molecule has 0 atom stereocenters. The van der Waals surface area contributed by atoms with Gasteiger partial charge in [-0.3, -0.25) is 4.90 Å². The smallest absolute Gasteiger partial charge is 0.164 e. The number of nitrogens with zero attached hydrogens (tertiary/aromatic N) is 6. The lowest BCUT2D eigenvalue weighted by atomic mass is 9.99. The van der Waals surface area contributed by atoms with Crippen molar-refractivity contribution in [2.24, 2.45) is 0 Å². The molecule has 2 aromatic heterocycles. The van der Waals surface area contributed by atoms with Crippen LogP contribution in [0, 0.1) is 0 Å². The summed E-state index contributed by atoms with van der Waals surface area (Å²) in [7, 11) is 0. The van der Waals surface area contributed by atoms with Crippen LogP contribution in [0.4, 0.5) is 17.2 Å². The van der Waals surface area contributed by atoms with Crippen LogP contribution in [0.3, 0.4) is 0 Å². The Balaban J connectivity index is 1.14. The maximum Gasteiger partial charge on any atom is 0.164 e. The van der Waals surface area contributed by atoms with Gasteiger partial charge in [0.15, 0.2) is 23.3 Å². The predicted octanol–water partition coefficient (Wildman–Crippen LogP) is 12.1. The van der Waals surface area contributed by atoms with E-state index in [1.165, 1.54) is 0 Å². The lowest BCUT2D eigenvalue weighted by Crippen LogP contribution is -2.12. The predicted molar refractivity (Wildman–Crippen MR) is 223 cm³/mol. The molecule has 0 amide bonds. The Kier molecular flexibility index (Phi) is 9.19. The fourth-order valence-corrected chi connectivity index (χ4v) is 6.61.